The largest absolute Gasteiger partial charge is 0.310 e. The molecule has 2 nitrogen and oxygen atoms in total. The molecule has 2 heteroatoms. The summed E-state index contributed by atoms with van der Waals surface area (Å²) in [4.78, 5) is 2.53. The molecule has 0 saturated carbocycles. The molecule has 2 heterocycles. The van der Waals surface area contributed by atoms with Gasteiger partial charge in [-0.25, -0.2) is 0 Å². The summed E-state index contributed by atoms with van der Waals surface area (Å²) in [5, 5.41) is 10.2. The lowest BCUT2D eigenvalue weighted by atomic mass is 9.65. The summed E-state index contributed by atoms with van der Waals surface area (Å²) in [6.45, 7) is 4.77. The van der Waals surface area contributed by atoms with Gasteiger partial charge in [-0.2, -0.15) is 0 Å². The van der Waals surface area contributed by atoms with Crippen LogP contribution in [0.4, 0.5) is 17.1 Å². The molecule has 1 aliphatic heterocycles. The van der Waals surface area contributed by atoms with Crippen molar-refractivity contribution < 1.29 is 0 Å². The molecule has 0 fully saturated rings. The highest BCUT2D eigenvalue weighted by Crippen LogP contribution is 2.62. The lowest BCUT2D eigenvalue weighted by Gasteiger charge is -2.40. The van der Waals surface area contributed by atoms with E-state index in [4.69, 9.17) is 0 Å². The molecular formula is C64H42N2. The Labute approximate surface area is 383 Å². The van der Waals surface area contributed by atoms with Crippen LogP contribution in [-0.2, 0) is 10.8 Å². The third-order valence-corrected chi connectivity index (χ3v) is 15.7. The van der Waals surface area contributed by atoms with Gasteiger partial charge in [-0.3, -0.25) is 0 Å². The number of aromatic nitrogens is 1. The summed E-state index contributed by atoms with van der Waals surface area (Å²) in [6.07, 6.45) is 0. The Morgan fingerprint density at radius 1 is 0.318 bits per heavy atom. The van der Waals surface area contributed by atoms with Crippen molar-refractivity contribution in [3.63, 3.8) is 0 Å². The lowest BCUT2D eigenvalue weighted by molar-refractivity contribution is 0.660. The Bertz CT molecular complexity index is 4070. The Morgan fingerprint density at radius 2 is 0.788 bits per heavy atom. The molecule has 0 saturated heterocycles. The molecule has 0 radical (unpaired) electrons. The van der Waals surface area contributed by atoms with Crippen molar-refractivity contribution in [1.29, 1.82) is 0 Å². The zero-order valence-corrected chi connectivity index (χ0v) is 36.7. The average Bonchev–Trinajstić information content (AvgIpc) is 3.95. The van der Waals surface area contributed by atoms with Gasteiger partial charge in [0, 0.05) is 33.2 Å². The van der Waals surface area contributed by atoms with Crippen LogP contribution in [0.25, 0.3) is 82.1 Å². The molecule has 12 aromatic rings. The number of nitrogens with zero attached hydrogens (tertiary/aromatic N) is 2. The Hall–Kier alpha value is -8.20. The van der Waals surface area contributed by atoms with Gasteiger partial charge in [-0.05, 0) is 136 Å². The van der Waals surface area contributed by atoms with Gasteiger partial charge in [-0.1, -0.05) is 184 Å². The molecule has 1 spiro atoms. The fourth-order valence-electron chi connectivity index (χ4n) is 13.0. The summed E-state index contributed by atoms with van der Waals surface area (Å²) in [5.41, 5.74) is 19.7. The van der Waals surface area contributed by atoms with E-state index in [0.717, 1.165) is 17.1 Å². The van der Waals surface area contributed by atoms with E-state index in [2.05, 4.69) is 242 Å². The number of hydrogen-bond donors (Lipinski definition) is 0. The van der Waals surface area contributed by atoms with Crippen LogP contribution in [0.1, 0.15) is 47.2 Å². The quantitative estimate of drug-likeness (QED) is 0.161. The standard InChI is InChI=1S/C64H42N2/c1-63(2)54-24-10-7-20-47(54)49-34-31-40(37-58(49)63)65(39-30-33-46-44-18-4-3-16-42(44)43-17-5-6-19-45(43)53(46)36-39)41-32-35-50-48-21-8-11-25-55(48)64(59(50)38-41)56-26-12-14-29-61(56)66-60-28-13-9-22-51(60)52-23-15-27-57(64)62(52)66/h3-38H,1-2H3. The van der Waals surface area contributed by atoms with Gasteiger partial charge in [0.2, 0.25) is 0 Å². The molecule has 2 aliphatic carbocycles. The van der Waals surface area contributed by atoms with Crippen molar-refractivity contribution in [3.8, 4) is 27.9 Å². The Kier molecular flexibility index (Phi) is 6.98. The van der Waals surface area contributed by atoms with E-state index < -0.39 is 5.41 Å². The molecular weight excluding hydrogens is 797 g/mol. The highest BCUT2D eigenvalue weighted by molar-refractivity contribution is 6.26. The summed E-state index contributed by atoms with van der Waals surface area (Å²) < 4.78 is 2.53. The minimum Gasteiger partial charge on any atom is -0.310 e. The van der Waals surface area contributed by atoms with Crippen LogP contribution < -0.4 is 4.90 Å². The van der Waals surface area contributed by atoms with Crippen LogP contribution in [0.3, 0.4) is 0 Å². The molecule has 0 bridgehead atoms. The Balaban J connectivity index is 1.04. The molecule has 0 amide bonds. The van der Waals surface area contributed by atoms with Gasteiger partial charge < -0.3 is 9.47 Å². The van der Waals surface area contributed by atoms with E-state index in [1.165, 1.54) is 115 Å². The van der Waals surface area contributed by atoms with E-state index in [1.807, 2.05) is 0 Å². The van der Waals surface area contributed by atoms with Gasteiger partial charge in [0.05, 0.1) is 22.1 Å². The van der Waals surface area contributed by atoms with Crippen LogP contribution in [0.15, 0.2) is 218 Å². The third kappa shape index (κ3) is 4.42. The van der Waals surface area contributed by atoms with Gasteiger partial charge in [0.1, 0.15) is 0 Å². The number of benzene rings is 11. The summed E-state index contributed by atoms with van der Waals surface area (Å²) >= 11 is 0. The molecule has 3 aliphatic rings. The fourth-order valence-corrected chi connectivity index (χ4v) is 13.0. The average molecular weight is 839 g/mol. The Morgan fingerprint density at radius 3 is 1.52 bits per heavy atom. The van der Waals surface area contributed by atoms with Crippen LogP contribution in [0.5, 0.6) is 0 Å². The highest BCUT2D eigenvalue weighted by Gasteiger charge is 2.51. The van der Waals surface area contributed by atoms with Crippen molar-refractivity contribution in [1.82, 2.24) is 4.57 Å². The van der Waals surface area contributed by atoms with Gasteiger partial charge >= 0.3 is 0 Å². The van der Waals surface area contributed by atoms with E-state index in [0.29, 0.717) is 0 Å². The molecule has 15 rings (SSSR count). The highest BCUT2D eigenvalue weighted by atomic mass is 15.1. The number of rotatable bonds is 3. The first-order valence-electron chi connectivity index (χ1n) is 23.3. The monoisotopic (exact) mass is 838 g/mol. The maximum absolute atomic E-state index is 2.54. The van der Waals surface area contributed by atoms with E-state index in [1.54, 1.807) is 0 Å². The maximum atomic E-state index is 2.54. The van der Waals surface area contributed by atoms with Crippen molar-refractivity contribution in [3.05, 3.63) is 252 Å². The minimum atomic E-state index is -0.561. The first-order chi connectivity index (χ1) is 32.5. The molecule has 1 aromatic heterocycles. The summed E-state index contributed by atoms with van der Waals surface area (Å²) in [6, 6.07) is 82.7. The van der Waals surface area contributed by atoms with Gasteiger partial charge in [0.15, 0.2) is 0 Å². The van der Waals surface area contributed by atoms with Crippen LogP contribution in [0, 0.1) is 0 Å². The SMILES string of the molecule is CC1(C)c2ccccc2-c2ccc(N(c3ccc4c(c3)C3(c5ccccc5-4)c4ccccc4-n4c5ccccc5c5cccc3c54)c3ccc4c5ccccc5c5ccccc5c4c3)cc21. The third-order valence-electron chi connectivity index (χ3n) is 15.7. The maximum Gasteiger partial charge on any atom is 0.0755 e. The van der Waals surface area contributed by atoms with E-state index >= 15 is 0 Å². The van der Waals surface area contributed by atoms with Crippen molar-refractivity contribution in [2.75, 3.05) is 4.90 Å². The predicted octanol–water partition coefficient (Wildman–Crippen LogP) is 16.7. The molecule has 11 aromatic carbocycles. The van der Waals surface area contributed by atoms with Crippen LogP contribution in [0.2, 0.25) is 0 Å². The van der Waals surface area contributed by atoms with Crippen molar-refractivity contribution >= 4 is 71.2 Å². The molecule has 308 valence electrons. The van der Waals surface area contributed by atoms with Gasteiger partial charge in [0.25, 0.3) is 0 Å². The zero-order chi connectivity index (χ0) is 43.5. The second-order valence-electron chi connectivity index (χ2n) is 19.2. The number of anilines is 3. The van der Waals surface area contributed by atoms with E-state index in [9.17, 15) is 0 Å². The zero-order valence-electron chi connectivity index (χ0n) is 36.7. The normalized spacial score (nSPS) is 15.9. The van der Waals surface area contributed by atoms with Crippen LogP contribution in [-0.4, -0.2) is 4.57 Å². The second kappa shape index (κ2) is 12.7. The first kappa shape index (κ1) is 36.2. The number of para-hydroxylation sites is 3. The van der Waals surface area contributed by atoms with Crippen molar-refractivity contribution in [2.24, 2.45) is 0 Å². The van der Waals surface area contributed by atoms with E-state index in [-0.39, 0.29) is 5.41 Å². The van der Waals surface area contributed by atoms with Crippen molar-refractivity contribution in [2.45, 2.75) is 24.7 Å². The predicted molar refractivity (Wildman–Crippen MR) is 276 cm³/mol. The summed E-state index contributed by atoms with van der Waals surface area (Å²) in [7, 11) is 0. The second-order valence-corrected chi connectivity index (χ2v) is 19.2. The lowest BCUT2D eigenvalue weighted by Crippen LogP contribution is -2.33. The molecule has 0 N–H and O–H groups in total. The fraction of sp³-hybridized carbons (Fsp3) is 0.0625. The molecule has 66 heavy (non-hydrogen) atoms. The molecule has 1 atom stereocenters. The minimum absolute atomic E-state index is 0.154. The topological polar surface area (TPSA) is 8.17 Å². The first-order valence-corrected chi connectivity index (χ1v) is 23.3. The molecule has 1 unspecified atom stereocenters. The summed E-state index contributed by atoms with van der Waals surface area (Å²) in [5.74, 6) is 0. The van der Waals surface area contributed by atoms with Crippen LogP contribution >= 0.6 is 0 Å². The smallest absolute Gasteiger partial charge is 0.0755 e. The van der Waals surface area contributed by atoms with Gasteiger partial charge in [-0.15, -0.1) is 0 Å². The number of fused-ring (bicyclic) bond motifs is 21. The number of hydrogen-bond acceptors (Lipinski definition) is 1.